The number of carbonyl (C=O) groups excluding carboxylic acids is 1. The minimum atomic E-state index is -0.601. The summed E-state index contributed by atoms with van der Waals surface area (Å²) in [6, 6.07) is 7.28. The van der Waals surface area contributed by atoms with Gasteiger partial charge in [0.15, 0.2) is 5.76 Å². The highest BCUT2D eigenvalue weighted by Crippen LogP contribution is 2.32. The number of hydrogen-bond acceptors (Lipinski definition) is 5. The minimum Gasteiger partial charge on any atom is -0.494 e. The number of halogens is 1. The van der Waals surface area contributed by atoms with Crippen molar-refractivity contribution in [2.75, 3.05) is 0 Å². The van der Waals surface area contributed by atoms with Crippen LogP contribution in [0.15, 0.2) is 31.9 Å². The molecule has 2 heterocycles. The standard InChI is InChI=1S/C20H17BrN2O4/c1-4-7-23-19(25)14(9-22)10(2)16(20(23)26)17(24)18-11(3)13-6-5-12(21)8-15(13)27-18/h5-6,8,26H,4,7H2,1-3H3. The number of pyridine rings is 1. The number of fused-ring (bicyclic) bond motifs is 1. The Labute approximate surface area is 163 Å². The summed E-state index contributed by atoms with van der Waals surface area (Å²) in [5, 5.41) is 20.8. The van der Waals surface area contributed by atoms with Crippen molar-refractivity contribution in [2.24, 2.45) is 0 Å². The molecule has 0 aliphatic carbocycles. The molecule has 3 rings (SSSR count). The molecule has 1 aromatic carbocycles. The smallest absolute Gasteiger partial charge is 0.271 e. The monoisotopic (exact) mass is 428 g/mol. The van der Waals surface area contributed by atoms with Gasteiger partial charge < -0.3 is 9.52 Å². The lowest BCUT2D eigenvalue weighted by molar-refractivity contribution is 0.100. The normalized spacial score (nSPS) is 10.9. The summed E-state index contributed by atoms with van der Waals surface area (Å²) in [6.07, 6.45) is 0.562. The van der Waals surface area contributed by atoms with Gasteiger partial charge >= 0.3 is 0 Å². The van der Waals surface area contributed by atoms with Crippen LogP contribution in [0.3, 0.4) is 0 Å². The van der Waals surface area contributed by atoms with Crippen LogP contribution in [0.25, 0.3) is 11.0 Å². The van der Waals surface area contributed by atoms with Crippen LogP contribution in [0, 0.1) is 25.2 Å². The second-order valence-electron chi connectivity index (χ2n) is 6.29. The molecule has 138 valence electrons. The Morgan fingerprint density at radius 3 is 2.67 bits per heavy atom. The van der Waals surface area contributed by atoms with E-state index in [4.69, 9.17) is 4.42 Å². The quantitative estimate of drug-likeness (QED) is 0.628. The largest absolute Gasteiger partial charge is 0.494 e. The van der Waals surface area contributed by atoms with Gasteiger partial charge in [-0.05, 0) is 44.0 Å². The van der Waals surface area contributed by atoms with Crippen molar-refractivity contribution in [1.82, 2.24) is 4.57 Å². The van der Waals surface area contributed by atoms with Crippen LogP contribution in [0.5, 0.6) is 5.88 Å². The van der Waals surface area contributed by atoms with Crippen molar-refractivity contribution in [3.8, 4) is 11.9 Å². The van der Waals surface area contributed by atoms with Gasteiger partial charge in [0.2, 0.25) is 11.7 Å². The van der Waals surface area contributed by atoms with Gasteiger partial charge in [-0.1, -0.05) is 22.9 Å². The fourth-order valence-corrected chi connectivity index (χ4v) is 3.52. The number of rotatable bonds is 4. The van der Waals surface area contributed by atoms with Gasteiger partial charge in [0.1, 0.15) is 17.2 Å². The predicted molar refractivity (Wildman–Crippen MR) is 104 cm³/mol. The van der Waals surface area contributed by atoms with Gasteiger partial charge in [-0.25, -0.2) is 0 Å². The number of nitrogens with zero attached hydrogens (tertiary/aromatic N) is 2. The van der Waals surface area contributed by atoms with Gasteiger partial charge in [-0.2, -0.15) is 5.26 Å². The maximum Gasteiger partial charge on any atom is 0.271 e. The van der Waals surface area contributed by atoms with E-state index in [0.717, 1.165) is 14.4 Å². The van der Waals surface area contributed by atoms with Crippen LogP contribution in [0.2, 0.25) is 0 Å². The molecule has 7 heteroatoms. The van der Waals surface area contributed by atoms with E-state index in [1.165, 1.54) is 6.92 Å². The number of furan rings is 1. The molecule has 0 aliphatic heterocycles. The van der Waals surface area contributed by atoms with Gasteiger partial charge in [-0.15, -0.1) is 0 Å². The number of aromatic hydroxyl groups is 1. The van der Waals surface area contributed by atoms with Gasteiger partial charge in [0.05, 0.1) is 5.56 Å². The molecule has 0 aliphatic rings. The average molecular weight is 429 g/mol. The first-order chi connectivity index (χ1) is 12.8. The Balaban J connectivity index is 2.30. The zero-order chi connectivity index (χ0) is 19.9. The highest BCUT2D eigenvalue weighted by Gasteiger charge is 2.28. The lowest BCUT2D eigenvalue weighted by atomic mass is 9.98. The van der Waals surface area contributed by atoms with Crippen LogP contribution in [-0.4, -0.2) is 15.5 Å². The van der Waals surface area contributed by atoms with E-state index in [-0.39, 0.29) is 29.0 Å². The molecule has 1 N–H and O–H groups in total. The molecular weight excluding hydrogens is 412 g/mol. The molecule has 0 atom stereocenters. The Bertz CT molecular complexity index is 1180. The highest BCUT2D eigenvalue weighted by atomic mass is 79.9. The van der Waals surface area contributed by atoms with Crippen molar-refractivity contribution in [3.63, 3.8) is 0 Å². The predicted octanol–water partition coefficient (Wildman–Crippen LogP) is 4.19. The second kappa shape index (κ2) is 7.05. The molecule has 0 spiro atoms. The van der Waals surface area contributed by atoms with Crippen LogP contribution >= 0.6 is 15.9 Å². The fraction of sp³-hybridized carbons (Fsp3) is 0.250. The van der Waals surface area contributed by atoms with Crippen LogP contribution in [0.4, 0.5) is 0 Å². The molecule has 0 amide bonds. The number of nitriles is 1. The molecule has 0 radical (unpaired) electrons. The molecule has 0 saturated heterocycles. The zero-order valence-corrected chi connectivity index (χ0v) is 16.7. The summed E-state index contributed by atoms with van der Waals surface area (Å²) < 4.78 is 7.62. The lowest BCUT2D eigenvalue weighted by Gasteiger charge is -2.14. The van der Waals surface area contributed by atoms with E-state index in [1.54, 1.807) is 13.0 Å². The van der Waals surface area contributed by atoms with E-state index < -0.39 is 17.2 Å². The van der Waals surface area contributed by atoms with Crippen LogP contribution in [0.1, 0.15) is 46.2 Å². The van der Waals surface area contributed by atoms with E-state index in [2.05, 4.69) is 15.9 Å². The molecule has 27 heavy (non-hydrogen) atoms. The van der Waals surface area contributed by atoms with E-state index in [0.29, 0.717) is 17.6 Å². The summed E-state index contributed by atoms with van der Waals surface area (Å²) in [5.41, 5.74) is 0.481. The third-order valence-electron chi connectivity index (χ3n) is 4.58. The van der Waals surface area contributed by atoms with Crippen molar-refractivity contribution in [1.29, 1.82) is 5.26 Å². The fourth-order valence-electron chi connectivity index (χ4n) is 3.18. The van der Waals surface area contributed by atoms with Gasteiger partial charge in [-0.3, -0.25) is 14.2 Å². The molecule has 3 aromatic rings. The zero-order valence-electron chi connectivity index (χ0n) is 15.1. The minimum absolute atomic E-state index is 0.0760. The first-order valence-electron chi connectivity index (χ1n) is 8.41. The van der Waals surface area contributed by atoms with Crippen molar-refractivity contribution >= 4 is 32.7 Å². The SMILES string of the molecule is CCCn1c(O)c(C(=O)c2oc3cc(Br)ccc3c2C)c(C)c(C#N)c1=O. The second-order valence-corrected chi connectivity index (χ2v) is 7.21. The molecule has 0 saturated carbocycles. The first kappa shape index (κ1) is 18.9. The number of hydrogen-bond donors (Lipinski definition) is 1. The third kappa shape index (κ3) is 2.96. The molecule has 0 fully saturated rings. The number of aryl methyl sites for hydroxylation is 1. The topological polar surface area (TPSA) is 96.2 Å². The Morgan fingerprint density at radius 2 is 2.04 bits per heavy atom. The van der Waals surface area contributed by atoms with E-state index >= 15 is 0 Å². The molecular formula is C20H17BrN2O4. The molecule has 6 nitrogen and oxygen atoms in total. The summed E-state index contributed by atoms with van der Waals surface area (Å²) in [7, 11) is 0. The maximum absolute atomic E-state index is 13.2. The van der Waals surface area contributed by atoms with Crippen molar-refractivity contribution < 1.29 is 14.3 Å². The summed E-state index contributed by atoms with van der Waals surface area (Å²) >= 11 is 3.37. The maximum atomic E-state index is 13.2. The average Bonchev–Trinajstić information content (AvgIpc) is 2.95. The number of benzene rings is 1. The Hall–Kier alpha value is -2.85. The molecule has 0 bridgehead atoms. The summed E-state index contributed by atoms with van der Waals surface area (Å²) in [5.74, 6) is -0.923. The first-order valence-corrected chi connectivity index (χ1v) is 9.20. The van der Waals surface area contributed by atoms with Crippen molar-refractivity contribution in [2.45, 2.75) is 33.7 Å². The van der Waals surface area contributed by atoms with Gasteiger partial charge in [0.25, 0.3) is 5.56 Å². The Kier molecular flexibility index (Phi) is 4.94. The summed E-state index contributed by atoms with van der Waals surface area (Å²) in [6.45, 7) is 5.27. The lowest BCUT2D eigenvalue weighted by Crippen LogP contribution is -2.26. The van der Waals surface area contributed by atoms with E-state index in [1.807, 2.05) is 25.1 Å². The molecule has 2 aromatic heterocycles. The Morgan fingerprint density at radius 1 is 1.33 bits per heavy atom. The summed E-state index contributed by atoms with van der Waals surface area (Å²) in [4.78, 5) is 25.6. The number of ketones is 1. The number of aromatic nitrogens is 1. The number of carbonyl (C=O) groups is 1. The van der Waals surface area contributed by atoms with Crippen LogP contribution < -0.4 is 5.56 Å². The third-order valence-corrected chi connectivity index (χ3v) is 5.07. The van der Waals surface area contributed by atoms with Crippen LogP contribution in [-0.2, 0) is 6.54 Å². The highest BCUT2D eigenvalue weighted by molar-refractivity contribution is 9.10. The van der Waals surface area contributed by atoms with Gasteiger partial charge in [0, 0.05) is 22.0 Å². The van der Waals surface area contributed by atoms with Crippen molar-refractivity contribution in [3.05, 3.63) is 61.0 Å². The molecule has 0 unspecified atom stereocenters. The van der Waals surface area contributed by atoms with E-state index in [9.17, 15) is 20.0 Å².